The number of carbonyl (C=O) groups excluding carboxylic acids is 1. The molecule has 1 aliphatic carbocycles. The highest BCUT2D eigenvalue weighted by molar-refractivity contribution is 5.63. The zero-order chi connectivity index (χ0) is 9.31. The van der Waals surface area contributed by atoms with E-state index in [1.54, 1.807) is 0 Å². The average Bonchev–Trinajstić information content (AvgIpc) is 2.72. The second kappa shape index (κ2) is 3.41. The third-order valence-corrected chi connectivity index (χ3v) is 3.55. The van der Waals surface area contributed by atoms with Crippen LogP contribution in [-0.2, 0) is 9.53 Å². The van der Waals surface area contributed by atoms with Crippen molar-refractivity contribution in [3.63, 3.8) is 0 Å². The first-order valence-electron chi connectivity index (χ1n) is 5.40. The van der Waals surface area contributed by atoms with Gasteiger partial charge in [0.2, 0.25) is 0 Å². The Balaban J connectivity index is 1.88. The molecular formula is C11H18O2. The summed E-state index contributed by atoms with van der Waals surface area (Å²) >= 11 is 0. The van der Waals surface area contributed by atoms with Crippen molar-refractivity contribution >= 4 is 6.29 Å². The van der Waals surface area contributed by atoms with Crippen LogP contribution in [0.1, 0.15) is 39.0 Å². The van der Waals surface area contributed by atoms with Crippen LogP contribution >= 0.6 is 0 Å². The Morgan fingerprint density at radius 2 is 2.38 bits per heavy atom. The second-order valence-electron chi connectivity index (χ2n) is 4.50. The highest BCUT2D eigenvalue weighted by Crippen LogP contribution is 2.48. The van der Waals surface area contributed by atoms with Crippen LogP contribution < -0.4 is 0 Å². The molecule has 1 heterocycles. The van der Waals surface area contributed by atoms with E-state index in [0.29, 0.717) is 0 Å². The van der Waals surface area contributed by atoms with Crippen LogP contribution in [0.5, 0.6) is 0 Å². The van der Waals surface area contributed by atoms with E-state index in [1.807, 2.05) is 0 Å². The second-order valence-corrected chi connectivity index (χ2v) is 4.50. The van der Waals surface area contributed by atoms with Crippen LogP contribution in [0.2, 0.25) is 0 Å². The molecule has 13 heavy (non-hydrogen) atoms. The van der Waals surface area contributed by atoms with E-state index in [-0.39, 0.29) is 5.60 Å². The quantitative estimate of drug-likeness (QED) is 0.623. The summed E-state index contributed by atoms with van der Waals surface area (Å²) in [5.41, 5.74) is -0.380. The minimum absolute atomic E-state index is 0.380. The van der Waals surface area contributed by atoms with E-state index in [1.165, 1.54) is 12.8 Å². The van der Waals surface area contributed by atoms with E-state index in [9.17, 15) is 4.79 Å². The van der Waals surface area contributed by atoms with Crippen LogP contribution in [0, 0.1) is 11.8 Å². The molecule has 1 saturated carbocycles. The lowest BCUT2D eigenvalue weighted by molar-refractivity contribution is -0.126. The first kappa shape index (κ1) is 9.20. The van der Waals surface area contributed by atoms with E-state index in [0.717, 1.165) is 44.0 Å². The van der Waals surface area contributed by atoms with Gasteiger partial charge in [0.15, 0.2) is 6.29 Å². The predicted molar refractivity (Wildman–Crippen MR) is 50.5 cm³/mol. The fourth-order valence-corrected chi connectivity index (χ4v) is 2.53. The lowest BCUT2D eigenvalue weighted by Crippen LogP contribution is -2.30. The fourth-order valence-electron chi connectivity index (χ4n) is 2.53. The van der Waals surface area contributed by atoms with Gasteiger partial charge >= 0.3 is 0 Å². The summed E-state index contributed by atoms with van der Waals surface area (Å²) in [4.78, 5) is 11.0. The summed E-state index contributed by atoms with van der Waals surface area (Å²) in [6, 6.07) is 0. The van der Waals surface area contributed by atoms with Crippen molar-refractivity contribution in [1.29, 1.82) is 0 Å². The third kappa shape index (κ3) is 1.78. The number of ether oxygens (including phenoxy) is 1. The maximum atomic E-state index is 11.0. The van der Waals surface area contributed by atoms with Crippen LogP contribution in [0.3, 0.4) is 0 Å². The Morgan fingerprint density at radius 3 is 2.85 bits per heavy atom. The lowest BCUT2D eigenvalue weighted by atomic mass is 9.94. The number of hydrogen-bond donors (Lipinski definition) is 0. The first-order chi connectivity index (χ1) is 6.29. The molecule has 2 rings (SSSR count). The van der Waals surface area contributed by atoms with Crippen molar-refractivity contribution in [2.75, 3.05) is 6.61 Å². The van der Waals surface area contributed by atoms with Crippen LogP contribution in [0.4, 0.5) is 0 Å². The van der Waals surface area contributed by atoms with Gasteiger partial charge in [-0.25, -0.2) is 0 Å². The van der Waals surface area contributed by atoms with Crippen LogP contribution in [0.25, 0.3) is 0 Å². The molecule has 1 saturated heterocycles. The van der Waals surface area contributed by atoms with E-state index in [4.69, 9.17) is 4.74 Å². The number of carbonyl (C=O) groups is 1. The summed E-state index contributed by atoms with van der Waals surface area (Å²) in [5, 5.41) is 0. The van der Waals surface area contributed by atoms with Crippen LogP contribution in [-0.4, -0.2) is 18.5 Å². The van der Waals surface area contributed by atoms with Crippen molar-refractivity contribution in [1.82, 2.24) is 0 Å². The minimum Gasteiger partial charge on any atom is -0.368 e. The molecule has 0 aromatic carbocycles. The highest BCUT2D eigenvalue weighted by atomic mass is 16.5. The maximum Gasteiger partial charge on any atom is 0.151 e. The Bertz CT molecular complexity index is 194. The number of hydrogen-bond acceptors (Lipinski definition) is 2. The van der Waals surface area contributed by atoms with Crippen molar-refractivity contribution in [3.05, 3.63) is 0 Å². The Kier molecular flexibility index (Phi) is 2.41. The van der Waals surface area contributed by atoms with Crippen molar-refractivity contribution in [3.8, 4) is 0 Å². The third-order valence-electron chi connectivity index (χ3n) is 3.55. The topological polar surface area (TPSA) is 26.3 Å². The summed E-state index contributed by atoms with van der Waals surface area (Å²) in [6.07, 6.45) is 6.61. The molecule has 2 aliphatic rings. The largest absolute Gasteiger partial charge is 0.368 e. The number of aldehydes is 1. The standard InChI is InChI=1S/C11H18O2/c1-2-9-6-10(9)7-11(8-12)4-3-5-13-11/h8-10H,2-7H2,1H3. The van der Waals surface area contributed by atoms with Crippen molar-refractivity contribution in [2.45, 2.75) is 44.6 Å². The van der Waals surface area contributed by atoms with Gasteiger partial charge in [0.1, 0.15) is 5.60 Å². The van der Waals surface area contributed by atoms with Crippen molar-refractivity contribution in [2.24, 2.45) is 11.8 Å². The molecule has 0 radical (unpaired) electrons. The van der Waals surface area contributed by atoms with Gasteiger partial charge in [-0.1, -0.05) is 13.3 Å². The lowest BCUT2D eigenvalue weighted by Gasteiger charge is -2.21. The van der Waals surface area contributed by atoms with Gasteiger partial charge in [-0.2, -0.15) is 0 Å². The summed E-state index contributed by atoms with van der Waals surface area (Å²) < 4.78 is 5.57. The molecule has 0 bridgehead atoms. The van der Waals surface area contributed by atoms with Gasteiger partial charge in [0, 0.05) is 6.61 Å². The average molecular weight is 182 g/mol. The zero-order valence-electron chi connectivity index (χ0n) is 8.29. The molecule has 0 aromatic rings. The Morgan fingerprint density at radius 1 is 1.54 bits per heavy atom. The van der Waals surface area contributed by atoms with Gasteiger partial charge in [-0.05, 0) is 37.5 Å². The molecule has 3 atom stereocenters. The van der Waals surface area contributed by atoms with E-state index < -0.39 is 0 Å². The minimum atomic E-state index is -0.380. The zero-order valence-corrected chi connectivity index (χ0v) is 8.29. The van der Waals surface area contributed by atoms with E-state index in [2.05, 4.69) is 6.92 Å². The van der Waals surface area contributed by atoms with Crippen molar-refractivity contribution < 1.29 is 9.53 Å². The molecule has 0 amide bonds. The highest BCUT2D eigenvalue weighted by Gasteiger charge is 2.44. The molecular weight excluding hydrogens is 164 g/mol. The summed E-state index contributed by atoms with van der Waals surface area (Å²) in [7, 11) is 0. The molecule has 2 fully saturated rings. The Hall–Kier alpha value is -0.370. The maximum absolute atomic E-state index is 11.0. The summed E-state index contributed by atoms with van der Waals surface area (Å²) in [6.45, 7) is 3.01. The van der Waals surface area contributed by atoms with Gasteiger partial charge in [0.25, 0.3) is 0 Å². The molecule has 0 aromatic heterocycles. The van der Waals surface area contributed by atoms with E-state index >= 15 is 0 Å². The van der Waals surface area contributed by atoms with Gasteiger partial charge in [-0.15, -0.1) is 0 Å². The monoisotopic (exact) mass is 182 g/mol. The molecule has 2 heteroatoms. The first-order valence-corrected chi connectivity index (χ1v) is 5.40. The molecule has 74 valence electrons. The van der Waals surface area contributed by atoms with Gasteiger partial charge in [-0.3, -0.25) is 0 Å². The van der Waals surface area contributed by atoms with Crippen LogP contribution in [0.15, 0.2) is 0 Å². The predicted octanol–water partition coefficient (Wildman–Crippen LogP) is 2.17. The number of rotatable bonds is 4. The van der Waals surface area contributed by atoms with Gasteiger partial charge < -0.3 is 9.53 Å². The smallest absolute Gasteiger partial charge is 0.151 e. The molecule has 3 unspecified atom stereocenters. The molecule has 0 N–H and O–H groups in total. The summed E-state index contributed by atoms with van der Waals surface area (Å²) in [5.74, 6) is 1.65. The normalized spacial score (nSPS) is 43.5. The fraction of sp³-hybridized carbons (Fsp3) is 0.909. The molecule has 2 nitrogen and oxygen atoms in total. The molecule has 0 spiro atoms. The Labute approximate surface area is 79.7 Å². The van der Waals surface area contributed by atoms with Gasteiger partial charge in [0.05, 0.1) is 0 Å². The SMILES string of the molecule is CCC1CC1CC1(C=O)CCCO1. The molecule has 1 aliphatic heterocycles.